The third-order valence-electron chi connectivity index (χ3n) is 1.46. The van der Waals surface area contributed by atoms with Gasteiger partial charge in [-0.25, -0.2) is 9.78 Å². The Hall–Kier alpha value is -1.27. The molecule has 0 saturated heterocycles. The summed E-state index contributed by atoms with van der Waals surface area (Å²) >= 11 is 1.42. The van der Waals surface area contributed by atoms with Crippen LogP contribution in [0.25, 0.3) is 0 Å². The first-order valence-corrected chi connectivity index (χ1v) is 4.89. The van der Waals surface area contributed by atoms with Gasteiger partial charge < -0.3 is 10.5 Å². The Morgan fingerprint density at radius 2 is 2.43 bits per heavy atom. The number of hydrogen-bond acceptors (Lipinski definition) is 6. The lowest BCUT2D eigenvalue weighted by molar-refractivity contribution is -0.159. The summed E-state index contributed by atoms with van der Waals surface area (Å²) in [5.74, 6) is -1.37. The van der Waals surface area contributed by atoms with Gasteiger partial charge >= 0.3 is 11.9 Å². The maximum Gasteiger partial charge on any atom is 0.330 e. The van der Waals surface area contributed by atoms with Gasteiger partial charge in [0.1, 0.15) is 6.04 Å². The highest BCUT2D eigenvalue weighted by atomic mass is 32.1. The molecular weight excluding hydrogens is 204 g/mol. The monoisotopic (exact) mass is 214 g/mol. The number of aromatic nitrogens is 1. The summed E-state index contributed by atoms with van der Waals surface area (Å²) < 4.78 is 4.33. The number of esters is 2. The highest BCUT2D eigenvalue weighted by molar-refractivity contribution is 7.07. The van der Waals surface area contributed by atoms with Crippen LogP contribution < -0.4 is 5.73 Å². The van der Waals surface area contributed by atoms with Crippen LogP contribution in [0.1, 0.15) is 12.6 Å². The van der Waals surface area contributed by atoms with Gasteiger partial charge in [0.05, 0.1) is 11.2 Å². The van der Waals surface area contributed by atoms with E-state index in [1.54, 1.807) is 10.9 Å². The van der Waals surface area contributed by atoms with Gasteiger partial charge in [-0.05, 0) is 0 Å². The summed E-state index contributed by atoms with van der Waals surface area (Å²) in [6, 6.07) is -0.832. The molecule has 0 radical (unpaired) electrons. The highest BCUT2D eigenvalue weighted by Crippen LogP contribution is 2.04. The van der Waals surface area contributed by atoms with Crippen LogP contribution in [0.3, 0.4) is 0 Å². The lowest BCUT2D eigenvalue weighted by atomic mass is 10.2. The molecule has 0 saturated carbocycles. The first-order valence-electron chi connectivity index (χ1n) is 3.94. The van der Waals surface area contributed by atoms with E-state index in [9.17, 15) is 9.59 Å². The van der Waals surface area contributed by atoms with Crippen molar-refractivity contribution in [2.24, 2.45) is 5.73 Å². The molecule has 14 heavy (non-hydrogen) atoms. The van der Waals surface area contributed by atoms with E-state index in [4.69, 9.17) is 5.73 Å². The summed E-state index contributed by atoms with van der Waals surface area (Å²) in [5.41, 5.74) is 7.87. The smallest absolute Gasteiger partial charge is 0.330 e. The molecule has 0 aliphatic carbocycles. The van der Waals surface area contributed by atoms with Crippen LogP contribution >= 0.6 is 11.3 Å². The summed E-state index contributed by atoms with van der Waals surface area (Å²) in [5, 5.41) is 1.79. The van der Waals surface area contributed by atoms with Crippen LogP contribution in [0.2, 0.25) is 0 Å². The van der Waals surface area contributed by atoms with E-state index in [0.29, 0.717) is 0 Å². The maximum absolute atomic E-state index is 11.1. The van der Waals surface area contributed by atoms with Gasteiger partial charge in [-0.1, -0.05) is 0 Å². The standard InChI is InChI=1S/C8H10N2O3S/c1-5(11)13-8(12)7(9)2-6-3-14-4-10-6/h3-4,7H,2,9H2,1H3/t7-/m0/s1. The van der Waals surface area contributed by atoms with Gasteiger partial charge in [0.2, 0.25) is 0 Å². The van der Waals surface area contributed by atoms with Crippen molar-refractivity contribution in [1.82, 2.24) is 4.98 Å². The average Bonchev–Trinajstić information content (AvgIpc) is 2.55. The van der Waals surface area contributed by atoms with Gasteiger partial charge in [0.15, 0.2) is 0 Å². The van der Waals surface area contributed by atoms with Crippen molar-refractivity contribution in [1.29, 1.82) is 0 Å². The fraction of sp³-hybridized carbons (Fsp3) is 0.375. The van der Waals surface area contributed by atoms with Crippen LogP contribution in [0.5, 0.6) is 0 Å². The molecule has 1 heterocycles. The Bertz CT molecular complexity index is 323. The van der Waals surface area contributed by atoms with Crippen LogP contribution in [0.4, 0.5) is 0 Å². The molecule has 0 bridgehead atoms. The molecule has 0 spiro atoms. The van der Waals surface area contributed by atoms with Crippen LogP contribution in [0.15, 0.2) is 10.9 Å². The summed E-state index contributed by atoms with van der Waals surface area (Å²) in [6.45, 7) is 1.16. The summed E-state index contributed by atoms with van der Waals surface area (Å²) in [6.07, 6.45) is 0.287. The molecule has 0 fully saturated rings. The fourth-order valence-electron chi connectivity index (χ4n) is 0.864. The Labute approximate surface area is 84.9 Å². The number of hydrogen-bond donors (Lipinski definition) is 1. The minimum atomic E-state index is -0.832. The second kappa shape index (κ2) is 4.83. The molecule has 1 atom stereocenters. The Morgan fingerprint density at radius 1 is 1.71 bits per heavy atom. The van der Waals surface area contributed by atoms with Crippen LogP contribution in [-0.2, 0) is 20.7 Å². The molecule has 0 unspecified atom stereocenters. The molecule has 0 aliphatic heterocycles. The predicted octanol–water partition coefficient (Wildman–Crippen LogP) is 0.103. The van der Waals surface area contributed by atoms with Gasteiger partial charge in [0.25, 0.3) is 0 Å². The quantitative estimate of drug-likeness (QED) is 0.570. The summed E-state index contributed by atoms with van der Waals surface area (Å²) in [7, 11) is 0. The second-order valence-corrected chi connectivity index (χ2v) is 3.42. The topological polar surface area (TPSA) is 82.3 Å². The number of nitrogens with zero attached hydrogens (tertiary/aromatic N) is 1. The van der Waals surface area contributed by atoms with E-state index in [0.717, 1.165) is 12.6 Å². The minimum Gasteiger partial charge on any atom is -0.392 e. The van der Waals surface area contributed by atoms with Gasteiger partial charge in [0, 0.05) is 18.7 Å². The van der Waals surface area contributed by atoms with Crippen molar-refractivity contribution in [2.45, 2.75) is 19.4 Å². The van der Waals surface area contributed by atoms with E-state index >= 15 is 0 Å². The van der Waals surface area contributed by atoms with E-state index in [2.05, 4.69) is 9.72 Å². The SMILES string of the molecule is CC(=O)OC(=O)[C@@H](N)Cc1cscn1. The number of ether oxygens (including phenoxy) is 1. The zero-order chi connectivity index (χ0) is 10.6. The molecule has 0 amide bonds. The number of rotatable bonds is 3. The molecule has 1 aromatic heterocycles. The molecule has 2 N–H and O–H groups in total. The fourth-order valence-corrected chi connectivity index (χ4v) is 1.44. The predicted molar refractivity (Wildman–Crippen MR) is 50.6 cm³/mol. The van der Waals surface area contributed by atoms with Gasteiger partial charge in [-0.15, -0.1) is 11.3 Å². The second-order valence-electron chi connectivity index (χ2n) is 2.70. The highest BCUT2D eigenvalue weighted by Gasteiger charge is 2.18. The van der Waals surface area contributed by atoms with Crippen LogP contribution in [-0.4, -0.2) is 23.0 Å². The third kappa shape index (κ3) is 3.23. The molecule has 0 aromatic carbocycles. The Kier molecular flexibility index (Phi) is 3.73. The zero-order valence-corrected chi connectivity index (χ0v) is 8.41. The molecule has 5 nitrogen and oxygen atoms in total. The molecule has 1 rings (SSSR count). The van der Waals surface area contributed by atoms with Gasteiger partial charge in [-0.3, -0.25) is 4.79 Å². The lowest BCUT2D eigenvalue weighted by Gasteiger charge is -2.06. The van der Waals surface area contributed by atoms with Crippen molar-refractivity contribution in [3.8, 4) is 0 Å². The van der Waals surface area contributed by atoms with Crippen molar-refractivity contribution < 1.29 is 14.3 Å². The van der Waals surface area contributed by atoms with E-state index in [1.165, 1.54) is 11.3 Å². The normalized spacial score (nSPS) is 12.1. The van der Waals surface area contributed by atoms with Crippen molar-refractivity contribution in [3.63, 3.8) is 0 Å². The zero-order valence-electron chi connectivity index (χ0n) is 7.60. The van der Waals surface area contributed by atoms with E-state index in [1.807, 2.05) is 0 Å². The third-order valence-corrected chi connectivity index (χ3v) is 2.09. The number of carbonyl (C=O) groups is 2. The average molecular weight is 214 g/mol. The first-order chi connectivity index (χ1) is 6.59. The molecular formula is C8H10N2O3S. The van der Waals surface area contributed by atoms with E-state index < -0.39 is 18.0 Å². The number of carbonyl (C=O) groups excluding carboxylic acids is 2. The molecule has 6 heteroatoms. The Morgan fingerprint density at radius 3 is 2.93 bits per heavy atom. The largest absolute Gasteiger partial charge is 0.392 e. The van der Waals surface area contributed by atoms with Crippen molar-refractivity contribution in [3.05, 3.63) is 16.6 Å². The molecule has 1 aromatic rings. The van der Waals surface area contributed by atoms with Crippen molar-refractivity contribution in [2.75, 3.05) is 0 Å². The minimum absolute atomic E-state index is 0.287. The lowest BCUT2D eigenvalue weighted by Crippen LogP contribution is -2.35. The molecule has 76 valence electrons. The van der Waals surface area contributed by atoms with Crippen molar-refractivity contribution >= 4 is 23.3 Å². The van der Waals surface area contributed by atoms with E-state index in [-0.39, 0.29) is 6.42 Å². The molecule has 0 aliphatic rings. The van der Waals surface area contributed by atoms with Crippen LogP contribution in [0, 0.1) is 0 Å². The van der Waals surface area contributed by atoms with Gasteiger partial charge in [-0.2, -0.15) is 0 Å². The Balaban J connectivity index is 2.46. The number of thiazole rings is 1. The number of nitrogens with two attached hydrogens (primary N) is 1. The first kappa shape index (κ1) is 10.8. The summed E-state index contributed by atoms with van der Waals surface area (Å²) in [4.78, 5) is 25.5. The maximum atomic E-state index is 11.1.